The van der Waals surface area contributed by atoms with Gasteiger partial charge in [0.15, 0.2) is 0 Å². The maximum Gasteiger partial charge on any atom is 0.242 e. The summed E-state index contributed by atoms with van der Waals surface area (Å²) >= 11 is 0. The van der Waals surface area contributed by atoms with Gasteiger partial charge in [-0.25, -0.2) is 8.42 Å². The fraction of sp³-hybridized carbons (Fsp3) is 0.143. The minimum atomic E-state index is -3.67. The van der Waals surface area contributed by atoms with Gasteiger partial charge in [0.05, 0.1) is 11.0 Å². The highest BCUT2D eigenvalue weighted by molar-refractivity contribution is 7.89. The summed E-state index contributed by atoms with van der Waals surface area (Å²) in [5.41, 5.74) is 2.68. The first-order chi connectivity index (χ1) is 12.5. The predicted octanol–water partition coefficient (Wildman–Crippen LogP) is 3.71. The fourth-order valence-electron chi connectivity index (χ4n) is 2.75. The molecule has 0 heterocycles. The first-order valence-corrected chi connectivity index (χ1v) is 9.77. The molecule has 0 aliphatic rings. The predicted molar refractivity (Wildman–Crippen MR) is 103 cm³/mol. The van der Waals surface area contributed by atoms with Gasteiger partial charge in [-0.15, -0.1) is 0 Å². The number of hydrogen-bond acceptors (Lipinski definition) is 3. The Bertz CT molecular complexity index is 940. The second-order valence-corrected chi connectivity index (χ2v) is 8.15. The lowest BCUT2D eigenvalue weighted by molar-refractivity contribution is 0.155. The van der Waals surface area contributed by atoms with Crippen molar-refractivity contribution in [2.24, 2.45) is 0 Å². The van der Waals surface area contributed by atoms with Crippen molar-refractivity contribution < 1.29 is 13.5 Å². The first kappa shape index (κ1) is 18.3. The van der Waals surface area contributed by atoms with Crippen molar-refractivity contribution in [2.75, 3.05) is 13.6 Å². The van der Waals surface area contributed by atoms with E-state index in [9.17, 15) is 13.5 Å². The van der Waals surface area contributed by atoms with Crippen LogP contribution < -0.4 is 0 Å². The van der Waals surface area contributed by atoms with Crippen LogP contribution in [0, 0.1) is 0 Å². The van der Waals surface area contributed by atoms with Crippen molar-refractivity contribution in [3.63, 3.8) is 0 Å². The summed E-state index contributed by atoms with van der Waals surface area (Å²) in [5.74, 6) is 0. The number of aliphatic hydroxyl groups is 1. The molecular formula is C21H21NO3S. The van der Waals surface area contributed by atoms with E-state index in [2.05, 4.69) is 0 Å². The Balaban J connectivity index is 1.77. The zero-order valence-electron chi connectivity index (χ0n) is 14.5. The molecule has 0 amide bonds. The monoisotopic (exact) mass is 367 g/mol. The molecule has 5 heteroatoms. The third kappa shape index (κ3) is 4.02. The molecule has 0 radical (unpaired) electrons. The maximum atomic E-state index is 12.8. The van der Waals surface area contributed by atoms with Gasteiger partial charge in [-0.05, 0) is 28.8 Å². The topological polar surface area (TPSA) is 57.6 Å². The second kappa shape index (κ2) is 7.83. The van der Waals surface area contributed by atoms with Crippen molar-refractivity contribution in [3.8, 4) is 11.1 Å². The number of benzene rings is 3. The summed E-state index contributed by atoms with van der Waals surface area (Å²) in [6, 6.07) is 25.6. The molecule has 134 valence electrons. The van der Waals surface area contributed by atoms with E-state index in [1.54, 1.807) is 36.4 Å². The number of rotatable bonds is 6. The number of nitrogens with zero attached hydrogens (tertiary/aromatic N) is 1. The third-order valence-electron chi connectivity index (χ3n) is 4.28. The highest BCUT2D eigenvalue weighted by Gasteiger charge is 2.23. The van der Waals surface area contributed by atoms with E-state index >= 15 is 0 Å². The molecule has 3 aromatic rings. The van der Waals surface area contributed by atoms with E-state index in [1.165, 1.54) is 11.4 Å². The molecule has 1 N–H and O–H groups in total. The molecule has 0 aromatic heterocycles. The van der Waals surface area contributed by atoms with E-state index in [0.29, 0.717) is 5.56 Å². The van der Waals surface area contributed by atoms with Crippen LogP contribution in [-0.4, -0.2) is 31.4 Å². The zero-order chi connectivity index (χ0) is 18.6. The number of sulfonamides is 1. The Morgan fingerprint density at radius 3 is 1.88 bits per heavy atom. The van der Waals surface area contributed by atoms with Crippen LogP contribution >= 0.6 is 0 Å². The molecule has 0 fully saturated rings. The zero-order valence-corrected chi connectivity index (χ0v) is 15.3. The van der Waals surface area contributed by atoms with Crippen LogP contribution in [0.1, 0.15) is 11.7 Å². The lowest BCUT2D eigenvalue weighted by Gasteiger charge is -2.21. The SMILES string of the molecule is CN(CC(O)c1ccccc1)S(=O)(=O)c1ccc(-c2ccccc2)cc1. The number of likely N-dealkylation sites (N-methyl/N-ethyl adjacent to an activating group) is 1. The van der Waals surface area contributed by atoms with E-state index in [-0.39, 0.29) is 11.4 Å². The molecule has 3 aromatic carbocycles. The average Bonchev–Trinajstić information content (AvgIpc) is 2.69. The van der Waals surface area contributed by atoms with Gasteiger partial charge >= 0.3 is 0 Å². The lowest BCUT2D eigenvalue weighted by Crippen LogP contribution is -2.31. The van der Waals surface area contributed by atoms with Crippen LogP contribution in [-0.2, 0) is 10.0 Å². The highest BCUT2D eigenvalue weighted by Crippen LogP contribution is 2.23. The molecule has 3 rings (SSSR count). The molecule has 0 spiro atoms. The third-order valence-corrected chi connectivity index (χ3v) is 6.12. The lowest BCUT2D eigenvalue weighted by atomic mass is 10.1. The van der Waals surface area contributed by atoms with E-state index < -0.39 is 16.1 Å². The maximum absolute atomic E-state index is 12.8. The minimum absolute atomic E-state index is 0.00716. The molecular weight excluding hydrogens is 346 g/mol. The molecule has 0 bridgehead atoms. The summed E-state index contributed by atoms with van der Waals surface area (Å²) < 4.78 is 26.7. The van der Waals surface area contributed by atoms with E-state index in [1.807, 2.05) is 48.5 Å². The summed E-state index contributed by atoms with van der Waals surface area (Å²) in [5, 5.41) is 10.3. The Kier molecular flexibility index (Phi) is 5.52. The van der Waals surface area contributed by atoms with Crippen LogP contribution in [0.3, 0.4) is 0 Å². The largest absolute Gasteiger partial charge is 0.387 e. The Morgan fingerprint density at radius 1 is 0.808 bits per heavy atom. The molecule has 0 saturated heterocycles. The van der Waals surface area contributed by atoms with Crippen LogP contribution in [0.15, 0.2) is 89.8 Å². The highest BCUT2D eigenvalue weighted by atomic mass is 32.2. The van der Waals surface area contributed by atoms with Gasteiger partial charge in [-0.1, -0.05) is 72.8 Å². The Morgan fingerprint density at radius 2 is 1.31 bits per heavy atom. The van der Waals surface area contributed by atoms with Gasteiger partial charge in [-0.2, -0.15) is 4.31 Å². The standard InChI is InChI=1S/C21H21NO3S/c1-22(16-21(23)19-10-6-3-7-11-19)26(24,25)20-14-12-18(13-15-20)17-8-4-2-5-9-17/h2-15,21,23H,16H2,1H3. The summed E-state index contributed by atoms with van der Waals surface area (Å²) in [6.07, 6.45) is -0.875. The van der Waals surface area contributed by atoms with Gasteiger partial charge in [0, 0.05) is 13.6 Å². The number of aliphatic hydroxyl groups excluding tert-OH is 1. The van der Waals surface area contributed by atoms with Crippen LogP contribution in [0.25, 0.3) is 11.1 Å². The Labute approximate surface area is 154 Å². The Hall–Kier alpha value is -2.47. The molecule has 0 aliphatic heterocycles. The van der Waals surface area contributed by atoms with Crippen molar-refractivity contribution in [1.29, 1.82) is 0 Å². The molecule has 0 saturated carbocycles. The fourth-order valence-corrected chi connectivity index (χ4v) is 3.93. The van der Waals surface area contributed by atoms with Gasteiger partial charge < -0.3 is 5.11 Å². The molecule has 1 atom stereocenters. The van der Waals surface area contributed by atoms with Crippen molar-refractivity contribution in [3.05, 3.63) is 90.5 Å². The van der Waals surface area contributed by atoms with Crippen LogP contribution in [0.2, 0.25) is 0 Å². The molecule has 26 heavy (non-hydrogen) atoms. The molecule has 4 nitrogen and oxygen atoms in total. The van der Waals surface area contributed by atoms with Gasteiger partial charge in [-0.3, -0.25) is 0 Å². The molecule has 1 unspecified atom stereocenters. The first-order valence-electron chi connectivity index (χ1n) is 8.33. The smallest absolute Gasteiger partial charge is 0.242 e. The molecule has 0 aliphatic carbocycles. The van der Waals surface area contributed by atoms with Crippen molar-refractivity contribution in [1.82, 2.24) is 4.31 Å². The van der Waals surface area contributed by atoms with E-state index in [0.717, 1.165) is 11.1 Å². The van der Waals surface area contributed by atoms with Crippen molar-refractivity contribution in [2.45, 2.75) is 11.0 Å². The summed E-state index contributed by atoms with van der Waals surface area (Å²) in [4.78, 5) is 0.208. The quantitative estimate of drug-likeness (QED) is 0.723. The van der Waals surface area contributed by atoms with Gasteiger partial charge in [0.2, 0.25) is 10.0 Å². The average molecular weight is 367 g/mol. The van der Waals surface area contributed by atoms with Crippen molar-refractivity contribution >= 4 is 10.0 Å². The van der Waals surface area contributed by atoms with Gasteiger partial charge in [0.1, 0.15) is 0 Å². The van der Waals surface area contributed by atoms with Crippen LogP contribution in [0.4, 0.5) is 0 Å². The normalized spacial score (nSPS) is 12.9. The summed E-state index contributed by atoms with van der Waals surface area (Å²) in [6.45, 7) is -0.00716. The van der Waals surface area contributed by atoms with Gasteiger partial charge in [0.25, 0.3) is 0 Å². The van der Waals surface area contributed by atoms with E-state index in [4.69, 9.17) is 0 Å². The van der Waals surface area contributed by atoms with Crippen LogP contribution in [0.5, 0.6) is 0 Å². The second-order valence-electron chi connectivity index (χ2n) is 6.10. The minimum Gasteiger partial charge on any atom is -0.387 e. The number of hydrogen-bond donors (Lipinski definition) is 1. The summed E-state index contributed by atoms with van der Waals surface area (Å²) in [7, 11) is -2.19.